The van der Waals surface area contributed by atoms with Crippen LogP contribution in [0.1, 0.15) is 41.0 Å². The molecule has 0 aliphatic carbocycles. The van der Waals surface area contributed by atoms with Gasteiger partial charge in [-0.25, -0.2) is 0 Å². The van der Waals surface area contributed by atoms with E-state index in [1.807, 2.05) is 21.6 Å². The Kier molecular flexibility index (Phi) is 6.64. The van der Waals surface area contributed by atoms with Crippen LogP contribution in [0.4, 0.5) is 0 Å². The molecular formula is C9H20S2. The van der Waals surface area contributed by atoms with E-state index in [1.54, 1.807) is 0 Å². The molecule has 0 amide bonds. The van der Waals surface area contributed by atoms with Crippen LogP contribution in [-0.4, -0.2) is 10.5 Å². The lowest BCUT2D eigenvalue weighted by atomic mass is 10.1. The molecule has 0 aromatic carbocycles. The summed E-state index contributed by atoms with van der Waals surface area (Å²) in [6.45, 7) is 11.4. The minimum absolute atomic E-state index is 0.756. The molecule has 0 radical (unpaired) electrons. The van der Waals surface area contributed by atoms with Crippen LogP contribution in [0.3, 0.4) is 0 Å². The van der Waals surface area contributed by atoms with Crippen molar-refractivity contribution in [3.63, 3.8) is 0 Å². The van der Waals surface area contributed by atoms with Crippen molar-refractivity contribution in [3.8, 4) is 0 Å². The monoisotopic (exact) mass is 192 g/mol. The predicted molar refractivity (Wildman–Crippen MR) is 59.2 cm³/mol. The van der Waals surface area contributed by atoms with Gasteiger partial charge in [0.05, 0.1) is 0 Å². The van der Waals surface area contributed by atoms with E-state index in [-0.39, 0.29) is 0 Å². The van der Waals surface area contributed by atoms with E-state index in [4.69, 9.17) is 0 Å². The van der Waals surface area contributed by atoms with Gasteiger partial charge < -0.3 is 0 Å². The highest BCUT2D eigenvalue weighted by atomic mass is 33.1. The van der Waals surface area contributed by atoms with E-state index in [1.165, 1.54) is 6.42 Å². The van der Waals surface area contributed by atoms with Gasteiger partial charge in [-0.2, -0.15) is 0 Å². The Bertz CT molecular complexity index is 91.6. The first-order valence-electron chi connectivity index (χ1n) is 4.40. The molecular weight excluding hydrogens is 172 g/mol. The molecule has 0 bridgehead atoms. The minimum atomic E-state index is 0.756. The van der Waals surface area contributed by atoms with Gasteiger partial charge in [0, 0.05) is 10.5 Å². The zero-order valence-corrected chi connectivity index (χ0v) is 9.89. The molecule has 0 fully saturated rings. The number of hydrogen-bond acceptors (Lipinski definition) is 2. The van der Waals surface area contributed by atoms with Gasteiger partial charge in [-0.15, -0.1) is 0 Å². The van der Waals surface area contributed by atoms with E-state index in [9.17, 15) is 0 Å². The molecule has 0 aliphatic rings. The van der Waals surface area contributed by atoms with Crippen LogP contribution in [0.5, 0.6) is 0 Å². The Morgan fingerprint density at radius 1 is 1.00 bits per heavy atom. The van der Waals surface area contributed by atoms with Crippen molar-refractivity contribution in [2.75, 3.05) is 0 Å². The lowest BCUT2D eigenvalue weighted by Gasteiger charge is -2.17. The van der Waals surface area contributed by atoms with Gasteiger partial charge in [-0.1, -0.05) is 62.6 Å². The molecule has 0 aromatic rings. The number of rotatable bonds is 5. The van der Waals surface area contributed by atoms with Crippen LogP contribution in [0.15, 0.2) is 0 Å². The van der Waals surface area contributed by atoms with Crippen molar-refractivity contribution in [3.05, 3.63) is 0 Å². The zero-order chi connectivity index (χ0) is 8.85. The number of hydrogen-bond donors (Lipinski definition) is 0. The fourth-order valence-electron chi connectivity index (χ4n) is 0.626. The first-order valence-corrected chi connectivity index (χ1v) is 6.67. The maximum atomic E-state index is 2.33. The van der Waals surface area contributed by atoms with E-state index >= 15 is 0 Å². The fourth-order valence-corrected chi connectivity index (χ4v) is 3.17. The van der Waals surface area contributed by atoms with Crippen molar-refractivity contribution >= 4 is 21.6 Å². The average Bonchev–Trinajstić information content (AvgIpc) is 1.98. The summed E-state index contributed by atoms with van der Waals surface area (Å²) < 4.78 is 0. The van der Waals surface area contributed by atoms with E-state index in [2.05, 4.69) is 34.6 Å². The van der Waals surface area contributed by atoms with Gasteiger partial charge in [0.1, 0.15) is 0 Å². The van der Waals surface area contributed by atoms with E-state index in [0.717, 1.165) is 16.4 Å². The first-order chi connectivity index (χ1) is 5.07. The summed E-state index contributed by atoms with van der Waals surface area (Å²) in [7, 11) is 4.03. The van der Waals surface area contributed by atoms with Crippen LogP contribution in [-0.2, 0) is 0 Å². The van der Waals surface area contributed by atoms with Gasteiger partial charge in [-0.05, 0) is 5.92 Å². The summed E-state index contributed by atoms with van der Waals surface area (Å²) in [6.07, 6.45) is 1.30. The maximum absolute atomic E-state index is 2.33. The molecule has 0 saturated heterocycles. The summed E-state index contributed by atoms with van der Waals surface area (Å²) >= 11 is 0. The highest BCUT2D eigenvalue weighted by molar-refractivity contribution is 8.77. The zero-order valence-electron chi connectivity index (χ0n) is 8.26. The Hall–Kier alpha value is 0.700. The Balaban J connectivity index is 3.43. The summed E-state index contributed by atoms with van der Waals surface area (Å²) in [4.78, 5) is 0. The molecule has 0 N–H and O–H groups in total. The van der Waals surface area contributed by atoms with Gasteiger partial charge >= 0.3 is 0 Å². The van der Waals surface area contributed by atoms with Crippen molar-refractivity contribution in [1.82, 2.24) is 0 Å². The standard InChI is InChI=1S/C9H20S2/c1-6-8(4)9(5)11-10-7(2)3/h7-9H,6H2,1-5H3/t8?,9-/m1/s1. The van der Waals surface area contributed by atoms with Crippen molar-refractivity contribution in [2.45, 2.75) is 51.5 Å². The van der Waals surface area contributed by atoms with Gasteiger partial charge in [-0.3, -0.25) is 0 Å². The molecule has 0 nitrogen and oxygen atoms in total. The van der Waals surface area contributed by atoms with Crippen LogP contribution < -0.4 is 0 Å². The molecule has 1 unspecified atom stereocenters. The van der Waals surface area contributed by atoms with Gasteiger partial charge in [0.25, 0.3) is 0 Å². The lowest BCUT2D eigenvalue weighted by Crippen LogP contribution is -2.07. The fraction of sp³-hybridized carbons (Fsp3) is 1.00. The molecule has 0 aromatic heterocycles. The predicted octanol–water partition coefficient (Wildman–Crippen LogP) is 4.21. The van der Waals surface area contributed by atoms with E-state index in [0.29, 0.717) is 0 Å². The third-order valence-electron chi connectivity index (χ3n) is 1.85. The van der Waals surface area contributed by atoms with E-state index < -0.39 is 0 Å². The Morgan fingerprint density at radius 3 is 1.91 bits per heavy atom. The lowest BCUT2D eigenvalue weighted by molar-refractivity contribution is 0.559. The average molecular weight is 192 g/mol. The van der Waals surface area contributed by atoms with Crippen molar-refractivity contribution in [1.29, 1.82) is 0 Å². The summed E-state index contributed by atoms with van der Waals surface area (Å²) in [6, 6.07) is 0. The van der Waals surface area contributed by atoms with Gasteiger partial charge in [0.2, 0.25) is 0 Å². The molecule has 0 heterocycles. The largest absolute Gasteiger partial charge is 0.0910 e. The summed E-state index contributed by atoms with van der Waals surface area (Å²) in [5.41, 5.74) is 0. The topological polar surface area (TPSA) is 0 Å². The molecule has 0 saturated carbocycles. The molecule has 2 heteroatoms. The first kappa shape index (κ1) is 11.7. The third-order valence-corrected chi connectivity index (χ3v) is 5.51. The highest BCUT2D eigenvalue weighted by Crippen LogP contribution is 2.34. The third kappa shape index (κ3) is 5.92. The molecule has 11 heavy (non-hydrogen) atoms. The Morgan fingerprint density at radius 2 is 1.55 bits per heavy atom. The minimum Gasteiger partial charge on any atom is -0.0910 e. The quantitative estimate of drug-likeness (QED) is 0.598. The maximum Gasteiger partial charge on any atom is 0.0148 e. The van der Waals surface area contributed by atoms with Crippen LogP contribution >= 0.6 is 21.6 Å². The molecule has 0 spiro atoms. The molecule has 0 rings (SSSR count). The van der Waals surface area contributed by atoms with Crippen LogP contribution in [0, 0.1) is 5.92 Å². The second-order valence-electron chi connectivity index (χ2n) is 3.33. The van der Waals surface area contributed by atoms with Crippen LogP contribution in [0.25, 0.3) is 0 Å². The highest BCUT2D eigenvalue weighted by Gasteiger charge is 2.11. The summed E-state index contributed by atoms with van der Waals surface area (Å²) in [5.74, 6) is 0.853. The molecule has 2 atom stereocenters. The van der Waals surface area contributed by atoms with Crippen molar-refractivity contribution in [2.24, 2.45) is 5.92 Å². The molecule has 68 valence electrons. The Labute approximate surface area is 79.3 Å². The van der Waals surface area contributed by atoms with Gasteiger partial charge in [0.15, 0.2) is 0 Å². The second-order valence-corrected chi connectivity index (χ2v) is 6.56. The molecule has 0 aliphatic heterocycles. The van der Waals surface area contributed by atoms with Crippen LogP contribution in [0.2, 0.25) is 0 Å². The SMILES string of the molecule is CCC(C)[C@@H](C)SSC(C)C. The summed E-state index contributed by atoms with van der Waals surface area (Å²) in [5, 5.41) is 1.55. The van der Waals surface area contributed by atoms with Crippen molar-refractivity contribution < 1.29 is 0 Å². The smallest absolute Gasteiger partial charge is 0.0148 e. The second kappa shape index (κ2) is 6.24. The normalized spacial score (nSPS) is 16.9.